The first kappa shape index (κ1) is 19.2. The summed E-state index contributed by atoms with van der Waals surface area (Å²) in [5.74, 6) is -0.618. The van der Waals surface area contributed by atoms with E-state index in [1.165, 1.54) is 43.4 Å². The molecule has 0 aromatic heterocycles. The molecule has 0 atom stereocenters. The molecule has 0 radical (unpaired) electrons. The molecule has 26 heavy (non-hydrogen) atoms. The summed E-state index contributed by atoms with van der Waals surface area (Å²) in [6, 6.07) is 9.20. The Bertz CT molecular complexity index is 570. The molecule has 1 saturated heterocycles. The summed E-state index contributed by atoms with van der Waals surface area (Å²) in [5, 5.41) is 13.0. The average molecular weight is 359 g/mol. The van der Waals surface area contributed by atoms with E-state index < -0.39 is 5.97 Å². The van der Waals surface area contributed by atoms with Crippen molar-refractivity contribution in [2.24, 2.45) is 5.41 Å². The number of benzene rings is 1. The van der Waals surface area contributed by atoms with Crippen molar-refractivity contribution in [2.75, 3.05) is 25.0 Å². The summed E-state index contributed by atoms with van der Waals surface area (Å²) >= 11 is 0. The molecule has 1 aromatic carbocycles. The first-order chi connectivity index (χ1) is 12.5. The highest BCUT2D eigenvalue weighted by Crippen LogP contribution is 2.42. The first-order valence-corrected chi connectivity index (χ1v) is 10.3. The molecule has 2 N–H and O–H groups in total. The van der Waals surface area contributed by atoms with Gasteiger partial charge in [-0.3, -0.25) is 4.79 Å². The minimum atomic E-state index is -0.618. The van der Waals surface area contributed by atoms with E-state index in [1.807, 2.05) is 0 Å². The maximum absolute atomic E-state index is 11.3. The van der Waals surface area contributed by atoms with Gasteiger partial charge in [0.15, 0.2) is 0 Å². The van der Waals surface area contributed by atoms with Crippen molar-refractivity contribution in [3.05, 3.63) is 29.8 Å². The molecule has 3 rings (SSSR count). The molecule has 1 aliphatic carbocycles. The molecule has 0 unspecified atom stereocenters. The monoisotopic (exact) mass is 358 g/mol. The number of anilines is 1. The second-order valence-corrected chi connectivity index (χ2v) is 8.51. The number of hydrogen-bond acceptors (Lipinski definition) is 3. The van der Waals surface area contributed by atoms with Crippen molar-refractivity contribution in [1.82, 2.24) is 4.90 Å². The molecule has 144 valence electrons. The van der Waals surface area contributed by atoms with Crippen LogP contribution < -0.4 is 5.32 Å². The van der Waals surface area contributed by atoms with E-state index in [4.69, 9.17) is 0 Å². The van der Waals surface area contributed by atoms with Crippen molar-refractivity contribution in [2.45, 2.75) is 70.8 Å². The number of carboxylic acid groups (broad SMARTS) is 1. The van der Waals surface area contributed by atoms with Crippen molar-refractivity contribution >= 4 is 11.7 Å². The lowest BCUT2D eigenvalue weighted by Gasteiger charge is -2.39. The van der Waals surface area contributed by atoms with Crippen LogP contribution in [0.3, 0.4) is 0 Å². The fraction of sp³-hybridized carbons (Fsp3) is 0.682. The van der Waals surface area contributed by atoms with E-state index >= 15 is 0 Å². The van der Waals surface area contributed by atoms with E-state index in [9.17, 15) is 9.90 Å². The number of aryl methyl sites for hydroxylation is 1. The van der Waals surface area contributed by atoms with E-state index in [-0.39, 0.29) is 5.41 Å². The largest absolute Gasteiger partial charge is 0.481 e. The predicted octanol–water partition coefficient (Wildman–Crippen LogP) is 4.69. The molecule has 1 aromatic rings. The molecule has 2 aliphatic rings. The predicted molar refractivity (Wildman–Crippen MR) is 107 cm³/mol. The lowest BCUT2D eigenvalue weighted by atomic mass is 9.69. The zero-order valence-corrected chi connectivity index (χ0v) is 16.2. The number of hydrogen-bond donors (Lipinski definition) is 2. The summed E-state index contributed by atoms with van der Waals surface area (Å²) in [5.41, 5.74) is 2.57. The number of piperidine rings is 1. The number of likely N-dealkylation sites (tertiary alicyclic amines) is 1. The van der Waals surface area contributed by atoms with Crippen LogP contribution in [0.5, 0.6) is 0 Å². The highest BCUT2D eigenvalue weighted by molar-refractivity contribution is 5.67. The number of carbonyl (C=O) groups is 1. The fourth-order valence-electron chi connectivity index (χ4n) is 4.72. The lowest BCUT2D eigenvalue weighted by Crippen LogP contribution is -2.41. The molecule has 2 fully saturated rings. The standard InChI is InChI=1S/C22H34N2O2/c1-18-5-7-19(8-6-18)23-20-9-14-24(15-10-20)16-13-22(17-21(25)26)11-3-2-4-12-22/h5-8,20,23H,2-4,9-17H2,1H3,(H,25,26). The summed E-state index contributed by atoms with van der Waals surface area (Å²) < 4.78 is 0. The molecule has 1 heterocycles. The van der Waals surface area contributed by atoms with Crippen LogP contribution in [0.1, 0.15) is 63.4 Å². The topological polar surface area (TPSA) is 52.6 Å². The molecular weight excluding hydrogens is 324 g/mol. The van der Waals surface area contributed by atoms with Crippen LogP contribution >= 0.6 is 0 Å². The fourth-order valence-corrected chi connectivity index (χ4v) is 4.72. The molecule has 1 aliphatic heterocycles. The van der Waals surface area contributed by atoms with Crippen molar-refractivity contribution < 1.29 is 9.90 Å². The van der Waals surface area contributed by atoms with Crippen molar-refractivity contribution in [3.63, 3.8) is 0 Å². The minimum absolute atomic E-state index is 0.0566. The van der Waals surface area contributed by atoms with Crippen LogP contribution in [0.15, 0.2) is 24.3 Å². The lowest BCUT2D eigenvalue weighted by molar-refractivity contribution is -0.140. The van der Waals surface area contributed by atoms with E-state index in [0.717, 1.165) is 38.9 Å². The highest BCUT2D eigenvalue weighted by Gasteiger charge is 2.34. The molecule has 4 heteroatoms. The number of carboxylic acids is 1. The Morgan fingerprint density at radius 3 is 2.42 bits per heavy atom. The zero-order chi connectivity index (χ0) is 18.4. The van der Waals surface area contributed by atoms with Crippen LogP contribution in [0.25, 0.3) is 0 Å². The van der Waals surface area contributed by atoms with Gasteiger partial charge in [0, 0.05) is 24.8 Å². The average Bonchev–Trinajstić information content (AvgIpc) is 2.63. The van der Waals surface area contributed by atoms with Gasteiger partial charge in [0.25, 0.3) is 0 Å². The maximum Gasteiger partial charge on any atom is 0.303 e. The van der Waals surface area contributed by atoms with Crippen LogP contribution in [0, 0.1) is 12.3 Å². The molecule has 0 bridgehead atoms. The minimum Gasteiger partial charge on any atom is -0.481 e. The second-order valence-electron chi connectivity index (χ2n) is 8.51. The second kappa shape index (κ2) is 8.90. The van der Waals surface area contributed by atoms with Gasteiger partial charge >= 0.3 is 5.97 Å². The number of nitrogens with zero attached hydrogens (tertiary/aromatic N) is 1. The molecule has 1 saturated carbocycles. The summed E-state index contributed by atoms with van der Waals surface area (Å²) in [4.78, 5) is 13.9. The highest BCUT2D eigenvalue weighted by atomic mass is 16.4. The van der Waals surface area contributed by atoms with Crippen LogP contribution in [0.2, 0.25) is 0 Å². The maximum atomic E-state index is 11.3. The van der Waals surface area contributed by atoms with Crippen molar-refractivity contribution in [3.8, 4) is 0 Å². The van der Waals surface area contributed by atoms with Gasteiger partial charge in [-0.05, 0) is 63.1 Å². The summed E-state index contributed by atoms with van der Waals surface area (Å²) in [6.45, 7) is 5.41. The normalized spacial score (nSPS) is 21.4. The Balaban J connectivity index is 1.44. The Morgan fingerprint density at radius 2 is 1.81 bits per heavy atom. The molecule has 0 spiro atoms. The van der Waals surface area contributed by atoms with Gasteiger partial charge in [-0.1, -0.05) is 37.0 Å². The smallest absolute Gasteiger partial charge is 0.303 e. The Morgan fingerprint density at radius 1 is 1.15 bits per heavy atom. The quantitative estimate of drug-likeness (QED) is 0.743. The van der Waals surface area contributed by atoms with Crippen molar-refractivity contribution in [1.29, 1.82) is 0 Å². The summed E-state index contributed by atoms with van der Waals surface area (Å²) in [6.07, 6.45) is 9.63. The molecule has 0 amide bonds. The number of aliphatic carboxylic acids is 1. The third kappa shape index (κ3) is 5.47. The van der Waals surface area contributed by atoms with Crippen LogP contribution in [-0.2, 0) is 4.79 Å². The first-order valence-electron chi connectivity index (χ1n) is 10.3. The third-order valence-corrected chi connectivity index (χ3v) is 6.41. The Kier molecular flexibility index (Phi) is 6.58. The van der Waals surface area contributed by atoms with Gasteiger partial charge in [0.1, 0.15) is 0 Å². The number of nitrogens with one attached hydrogen (secondary N) is 1. The Hall–Kier alpha value is -1.55. The Labute approximate surface area is 158 Å². The van der Waals surface area contributed by atoms with E-state index in [1.54, 1.807) is 0 Å². The van der Waals surface area contributed by atoms with Gasteiger partial charge in [0.05, 0.1) is 6.42 Å². The van der Waals surface area contributed by atoms with E-state index in [0.29, 0.717) is 12.5 Å². The van der Waals surface area contributed by atoms with Gasteiger partial charge in [-0.15, -0.1) is 0 Å². The molecular formula is C22H34N2O2. The summed E-state index contributed by atoms with van der Waals surface area (Å²) in [7, 11) is 0. The van der Waals surface area contributed by atoms with Gasteiger partial charge in [-0.25, -0.2) is 0 Å². The van der Waals surface area contributed by atoms with Crippen LogP contribution in [0.4, 0.5) is 5.69 Å². The van der Waals surface area contributed by atoms with E-state index in [2.05, 4.69) is 41.4 Å². The van der Waals surface area contributed by atoms with Crippen LogP contribution in [-0.4, -0.2) is 41.7 Å². The van der Waals surface area contributed by atoms with Gasteiger partial charge in [-0.2, -0.15) is 0 Å². The third-order valence-electron chi connectivity index (χ3n) is 6.41. The molecule has 4 nitrogen and oxygen atoms in total. The number of rotatable bonds is 7. The van der Waals surface area contributed by atoms with Gasteiger partial charge < -0.3 is 15.3 Å². The van der Waals surface area contributed by atoms with Gasteiger partial charge in [0.2, 0.25) is 0 Å². The zero-order valence-electron chi connectivity index (χ0n) is 16.2. The SMILES string of the molecule is Cc1ccc(NC2CCN(CCC3(CC(=O)O)CCCCC3)CC2)cc1.